The second-order valence-electron chi connectivity index (χ2n) is 5.53. The molecule has 3 aromatic rings. The molecule has 0 aliphatic heterocycles. The molecular formula is C19H21N5O3. The van der Waals surface area contributed by atoms with Crippen molar-refractivity contribution in [3.63, 3.8) is 0 Å². The van der Waals surface area contributed by atoms with E-state index >= 15 is 0 Å². The fraction of sp³-hybridized carbons (Fsp3) is 0.158. The van der Waals surface area contributed by atoms with Gasteiger partial charge in [-0.15, -0.1) is 0 Å². The molecule has 0 aliphatic carbocycles. The Morgan fingerprint density at radius 1 is 0.815 bits per heavy atom. The highest BCUT2D eigenvalue weighted by molar-refractivity contribution is 5.81. The minimum absolute atomic E-state index is 0.373. The van der Waals surface area contributed by atoms with Crippen molar-refractivity contribution in [1.29, 1.82) is 0 Å². The molecule has 8 heteroatoms. The lowest BCUT2D eigenvalue weighted by Gasteiger charge is -2.15. The second-order valence-corrected chi connectivity index (χ2v) is 5.53. The van der Waals surface area contributed by atoms with E-state index in [0.29, 0.717) is 34.5 Å². The van der Waals surface area contributed by atoms with Crippen molar-refractivity contribution in [2.75, 3.05) is 37.7 Å². The SMILES string of the molecule is COc1cccc(Nc2ncnc(Nc3ccc(OC)cc3OC)c2N)c1. The summed E-state index contributed by atoms with van der Waals surface area (Å²) in [5.74, 6) is 2.96. The highest BCUT2D eigenvalue weighted by Gasteiger charge is 2.12. The van der Waals surface area contributed by atoms with Gasteiger partial charge >= 0.3 is 0 Å². The number of aromatic nitrogens is 2. The number of hydrogen-bond acceptors (Lipinski definition) is 8. The van der Waals surface area contributed by atoms with E-state index in [1.807, 2.05) is 36.4 Å². The quantitative estimate of drug-likeness (QED) is 0.582. The third kappa shape index (κ3) is 4.12. The van der Waals surface area contributed by atoms with Crippen LogP contribution in [-0.2, 0) is 0 Å². The zero-order chi connectivity index (χ0) is 19.2. The molecule has 0 amide bonds. The van der Waals surface area contributed by atoms with Gasteiger partial charge < -0.3 is 30.6 Å². The summed E-state index contributed by atoms with van der Waals surface area (Å²) in [6, 6.07) is 12.9. The first kappa shape index (κ1) is 18.1. The Morgan fingerprint density at radius 3 is 2.22 bits per heavy atom. The largest absolute Gasteiger partial charge is 0.497 e. The summed E-state index contributed by atoms with van der Waals surface area (Å²) in [4.78, 5) is 8.45. The predicted molar refractivity (Wildman–Crippen MR) is 106 cm³/mol. The van der Waals surface area contributed by atoms with Crippen LogP contribution >= 0.6 is 0 Å². The van der Waals surface area contributed by atoms with Crippen molar-refractivity contribution in [1.82, 2.24) is 9.97 Å². The number of ether oxygens (including phenoxy) is 3. The number of hydrogen-bond donors (Lipinski definition) is 3. The van der Waals surface area contributed by atoms with Crippen LogP contribution in [0, 0.1) is 0 Å². The summed E-state index contributed by atoms with van der Waals surface area (Å²) in [7, 11) is 4.79. The van der Waals surface area contributed by atoms with E-state index in [1.54, 1.807) is 27.4 Å². The van der Waals surface area contributed by atoms with Gasteiger partial charge in [-0.3, -0.25) is 0 Å². The third-order valence-corrected chi connectivity index (χ3v) is 3.88. The van der Waals surface area contributed by atoms with Gasteiger partial charge in [0.15, 0.2) is 11.6 Å². The van der Waals surface area contributed by atoms with Gasteiger partial charge in [-0.05, 0) is 24.3 Å². The Labute approximate surface area is 157 Å². The first-order valence-corrected chi connectivity index (χ1v) is 8.15. The molecular weight excluding hydrogens is 346 g/mol. The van der Waals surface area contributed by atoms with Crippen molar-refractivity contribution in [3.8, 4) is 17.2 Å². The predicted octanol–water partition coefficient (Wildman–Crippen LogP) is 3.57. The third-order valence-electron chi connectivity index (χ3n) is 3.88. The van der Waals surface area contributed by atoms with Crippen LogP contribution in [0.5, 0.6) is 17.2 Å². The van der Waals surface area contributed by atoms with Crippen LogP contribution in [0.3, 0.4) is 0 Å². The molecule has 0 saturated carbocycles. The highest BCUT2D eigenvalue weighted by Crippen LogP contribution is 2.34. The Balaban J connectivity index is 1.87. The molecule has 0 saturated heterocycles. The van der Waals surface area contributed by atoms with E-state index in [1.165, 1.54) is 6.33 Å². The highest BCUT2D eigenvalue weighted by atomic mass is 16.5. The molecule has 1 heterocycles. The number of nitrogens with one attached hydrogen (secondary N) is 2. The van der Waals surface area contributed by atoms with E-state index in [0.717, 1.165) is 11.4 Å². The van der Waals surface area contributed by atoms with Gasteiger partial charge in [0.05, 0.1) is 27.0 Å². The van der Waals surface area contributed by atoms with Crippen molar-refractivity contribution >= 4 is 28.7 Å². The Morgan fingerprint density at radius 2 is 1.52 bits per heavy atom. The average molecular weight is 367 g/mol. The van der Waals surface area contributed by atoms with E-state index < -0.39 is 0 Å². The smallest absolute Gasteiger partial charge is 0.159 e. The van der Waals surface area contributed by atoms with Crippen LogP contribution < -0.4 is 30.6 Å². The molecule has 0 fully saturated rings. The van der Waals surface area contributed by atoms with Crippen LogP contribution in [0.15, 0.2) is 48.8 Å². The van der Waals surface area contributed by atoms with Crippen LogP contribution in [-0.4, -0.2) is 31.3 Å². The second kappa shape index (κ2) is 8.13. The van der Waals surface area contributed by atoms with E-state index in [9.17, 15) is 0 Å². The summed E-state index contributed by atoms with van der Waals surface area (Å²) in [6.07, 6.45) is 1.43. The minimum atomic E-state index is 0.373. The fourth-order valence-electron chi connectivity index (χ4n) is 2.46. The standard InChI is InChI=1S/C19H21N5O3/c1-25-13-6-4-5-12(9-13)23-18-17(20)19(22-11-21-18)24-15-8-7-14(26-2)10-16(15)27-3/h4-11H,20H2,1-3H3,(H2,21,22,23,24). The maximum absolute atomic E-state index is 6.25. The number of nitrogens with zero attached hydrogens (tertiary/aromatic N) is 2. The Kier molecular flexibility index (Phi) is 5.46. The monoisotopic (exact) mass is 367 g/mol. The molecule has 0 atom stereocenters. The van der Waals surface area contributed by atoms with E-state index in [2.05, 4.69) is 20.6 Å². The van der Waals surface area contributed by atoms with Crippen LogP contribution in [0.25, 0.3) is 0 Å². The molecule has 2 aromatic carbocycles. The molecule has 1 aromatic heterocycles. The van der Waals surface area contributed by atoms with Gasteiger partial charge in [0, 0.05) is 17.8 Å². The molecule has 0 spiro atoms. The summed E-state index contributed by atoms with van der Waals surface area (Å²) in [5, 5.41) is 6.34. The van der Waals surface area contributed by atoms with E-state index in [-0.39, 0.29) is 0 Å². The Bertz CT molecular complexity index is 933. The van der Waals surface area contributed by atoms with Crippen LogP contribution in [0.2, 0.25) is 0 Å². The summed E-state index contributed by atoms with van der Waals surface area (Å²) in [6.45, 7) is 0. The fourth-order valence-corrected chi connectivity index (χ4v) is 2.46. The lowest BCUT2D eigenvalue weighted by atomic mass is 10.2. The molecule has 0 unspecified atom stereocenters. The summed E-state index contributed by atoms with van der Waals surface area (Å²) >= 11 is 0. The number of methoxy groups -OCH3 is 3. The number of nitrogens with two attached hydrogens (primary N) is 1. The molecule has 8 nitrogen and oxygen atoms in total. The summed E-state index contributed by atoms with van der Waals surface area (Å²) < 4.78 is 15.8. The molecule has 4 N–H and O–H groups in total. The summed E-state index contributed by atoms with van der Waals surface area (Å²) in [5.41, 5.74) is 8.13. The van der Waals surface area contributed by atoms with Gasteiger partial charge in [-0.25, -0.2) is 9.97 Å². The molecule has 0 bridgehead atoms. The van der Waals surface area contributed by atoms with E-state index in [4.69, 9.17) is 19.9 Å². The number of benzene rings is 2. The van der Waals surface area contributed by atoms with Gasteiger partial charge in [0.1, 0.15) is 29.3 Å². The lowest BCUT2D eigenvalue weighted by molar-refractivity contribution is 0.395. The van der Waals surface area contributed by atoms with Crippen LogP contribution in [0.4, 0.5) is 28.7 Å². The molecule has 140 valence electrons. The number of anilines is 5. The molecule has 3 rings (SSSR count). The number of nitrogen functional groups attached to an aromatic ring is 1. The average Bonchev–Trinajstić information content (AvgIpc) is 2.71. The van der Waals surface area contributed by atoms with Gasteiger partial charge in [0.25, 0.3) is 0 Å². The maximum atomic E-state index is 6.25. The molecule has 0 aliphatic rings. The maximum Gasteiger partial charge on any atom is 0.159 e. The first-order valence-electron chi connectivity index (χ1n) is 8.15. The Hall–Kier alpha value is -3.68. The van der Waals surface area contributed by atoms with Gasteiger partial charge in [0.2, 0.25) is 0 Å². The zero-order valence-electron chi connectivity index (χ0n) is 15.3. The first-order chi connectivity index (χ1) is 13.1. The lowest BCUT2D eigenvalue weighted by Crippen LogP contribution is -2.06. The van der Waals surface area contributed by atoms with Crippen molar-refractivity contribution < 1.29 is 14.2 Å². The molecule has 0 radical (unpaired) electrons. The topological polar surface area (TPSA) is 104 Å². The normalized spacial score (nSPS) is 10.2. The van der Waals surface area contributed by atoms with Crippen molar-refractivity contribution in [2.45, 2.75) is 0 Å². The minimum Gasteiger partial charge on any atom is -0.497 e. The van der Waals surface area contributed by atoms with Crippen molar-refractivity contribution in [3.05, 3.63) is 48.8 Å². The molecule has 27 heavy (non-hydrogen) atoms. The zero-order valence-corrected chi connectivity index (χ0v) is 15.3. The number of rotatable bonds is 7. The van der Waals surface area contributed by atoms with Crippen LogP contribution in [0.1, 0.15) is 0 Å². The van der Waals surface area contributed by atoms with Gasteiger partial charge in [-0.1, -0.05) is 6.07 Å². The van der Waals surface area contributed by atoms with Gasteiger partial charge in [-0.2, -0.15) is 0 Å². The van der Waals surface area contributed by atoms with Crippen molar-refractivity contribution in [2.24, 2.45) is 0 Å².